The molecule has 158 valence electrons. The molecule has 1 aliphatic rings. The average molecular weight is 486 g/mol. The quantitative estimate of drug-likeness (QED) is 0.386. The maximum absolute atomic E-state index is 13.5. The van der Waals surface area contributed by atoms with Gasteiger partial charge < -0.3 is 0 Å². The summed E-state index contributed by atoms with van der Waals surface area (Å²) in [5.74, 6) is -0.488. The van der Waals surface area contributed by atoms with Gasteiger partial charge >= 0.3 is 177 Å². The van der Waals surface area contributed by atoms with Gasteiger partial charge in [-0.2, -0.15) is 0 Å². The van der Waals surface area contributed by atoms with Gasteiger partial charge in [0.1, 0.15) is 0 Å². The molecule has 0 radical (unpaired) electrons. The van der Waals surface area contributed by atoms with Crippen molar-refractivity contribution in [2.24, 2.45) is 0 Å². The van der Waals surface area contributed by atoms with Crippen LogP contribution in [-0.4, -0.2) is 35.3 Å². The molecule has 0 bridgehead atoms. The van der Waals surface area contributed by atoms with Crippen molar-refractivity contribution in [2.75, 3.05) is 0 Å². The SMILES string of the molecule is FC(F)(F)c1nc([AsH]C2CC2)c2ncn(-c3cccc(OCc4ccccc4)c3)c2n1. The molecule has 2 aromatic carbocycles. The van der Waals surface area contributed by atoms with E-state index in [0.29, 0.717) is 32.7 Å². The number of benzene rings is 2. The second kappa shape index (κ2) is 8.00. The van der Waals surface area contributed by atoms with Gasteiger partial charge in [0.25, 0.3) is 0 Å². The van der Waals surface area contributed by atoms with Crippen LogP contribution in [-0.2, 0) is 12.8 Å². The first-order valence-corrected chi connectivity index (χ1v) is 12.1. The zero-order chi connectivity index (χ0) is 21.4. The number of hydrogen-bond donors (Lipinski definition) is 0. The van der Waals surface area contributed by atoms with E-state index in [-0.39, 0.29) is 5.65 Å². The molecule has 9 heteroatoms. The number of aromatic nitrogens is 4. The van der Waals surface area contributed by atoms with Crippen molar-refractivity contribution in [3.05, 3.63) is 72.3 Å². The number of hydrogen-bond acceptors (Lipinski definition) is 4. The Kier molecular flexibility index (Phi) is 5.18. The Hall–Kier alpha value is -2.86. The van der Waals surface area contributed by atoms with Gasteiger partial charge in [-0.3, -0.25) is 0 Å². The molecule has 1 fully saturated rings. The summed E-state index contributed by atoms with van der Waals surface area (Å²) < 4.78 is 48.8. The summed E-state index contributed by atoms with van der Waals surface area (Å²) in [6.07, 6.45) is -0.963. The molecule has 5 nitrogen and oxygen atoms in total. The van der Waals surface area contributed by atoms with Crippen LogP contribution in [0.5, 0.6) is 5.75 Å². The van der Waals surface area contributed by atoms with Crippen LogP contribution in [0, 0.1) is 0 Å². The van der Waals surface area contributed by atoms with Crippen molar-refractivity contribution in [2.45, 2.75) is 30.3 Å². The van der Waals surface area contributed by atoms with Gasteiger partial charge in [0.15, 0.2) is 0 Å². The van der Waals surface area contributed by atoms with E-state index < -0.39 is 27.8 Å². The van der Waals surface area contributed by atoms with Crippen molar-refractivity contribution in [1.29, 1.82) is 0 Å². The molecule has 1 atom stereocenters. The number of fused-ring (bicyclic) bond motifs is 1. The summed E-state index contributed by atoms with van der Waals surface area (Å²) >= 11 is -0.789. The summed E-state index contributed by atoms with van der Waals surface area (Å²) in [7, 11) is 0. The minimum absolute atomic E-state index is 0.182. The number of ether oxygens (including phenoxy) is 1. The average Bonchev–Trinajstić information content (AvgIpc) is 3.47. The van der Waals surface area contributed by atoms with Gasteiger partial charge in [0.05, 0.1) is 0 Å². The fourth-order valence-electron chi connectivity index (χ4n) is 3.20. The number of nitrogens with zero attached hydrogens (tertiary/aromatic N) is 4. The third kappa shape index (κ3) is 4.44. The van der Waals surface area contributed by atoms with Crippen LogP contribution in [0.4, 0.5) is 13.2 Å². The molecule has 0 saturated heterocycles. The summed E-state index contributed by atoms with van der Waals surface area (Å²) in [4.78, 5) is 12.1. The standard InChI is InChI=1S/C22H18AsF3N4O/c24-22(25,26)21-28-19(23-15-9-10-15)18-20(29-21)30(13-27-18)16-7-4-8-17(11-16)31-12-14-5-2-1-3-6-14/h1-8,11,13,15,23H,9-10,12H2. The van der Waals surface area contributed by atoms with Crippen LogP contribution in [0.2, 0.25) is 4.71 Å². The number of imidazole rings is 1. The van der Waals surface area contributed by atoms with Crippen molar-refractivity contribution in [3.8, 4) is 11.4 Å². The van der Waals surface area contributed by atoms with Gasteiger partial charge in [0, 0.05) is 0 Å². The molecule has 2 heterocycles. The van der Waals surface area contributed by atoms with Crippen molar-refractivity contribution >= 4 is 31.4 Å². The number of rotatable bonds is 6. The van der Waals surface area contributed by atoms with Crippen molar-refractivity contribution in [3.63, 3.8) is 0 Å². The van der Waals surface area contributed by atoms with E-state index in [4.69, 9.17) is 4.74 Å². The Morgan fingerprint density at radius 1 is 1.03 bits per heavy atom. The first kappa shape index (κ1) is 20.1. The van der Waals surface area contributed by atoms with Gasteiger partial charge in [-0.15, -0.1) is 0 Å². The molecule has 1 saturated carbocycles. The third-order valence-corrected chi connectivity index (χ3v) is 8.28. The molecular weight excluding hydrogens is 468 g/mol. The zero-order valence-corrected chi connectivity index (χ0v) is 18.4. The normalized spacial score (nSPS) is 14.5. The first-order chi connectivity index (χ1) is 15.0. The first-order valence-electron chi connectivity index (χ1n) is 9.83. The summed E-state index contributed by atoms with van der Waals surface area (Å²) in [5, 5.41) is 0. The second-order valence-electron chi connectivity index (χ2n) is 7.37. The predicted molar refractivity (Wildman–Crippen MR) is 112 cm³/mol. The van der Waals surface area contributed by atoms with Crippen LogP contribution in [0.1, 0.15) is 24.2 Å². The van der Waals surface area contributed by atoms with Crippen LogP contribution in [0.3, 0.4) is 0 Å². The van der Waals surface area contributed by atoms with Crippen molar-refractivity contribution in [1.82, 2.24) is 19.5 Å². The monoisotopic (exact) mass is 486 g/mol. The molecule has 1 aliphatic carbocycles. The van der Waals surface area contributed by atoms with Crippen molar-refractivity contribution < 1.29 is 17.9 Å². The topological polar surface area (TPSA) is 52.8 Å². The molecule has 0 amide bonds. The molecule has 1 unspecified atom stereocenters. The van der Waals surface area contributed by atoms with Gasteiger partial charge in [0.2, 0.25) is 0 Å². The minimum atomic E-state index is -4.60. The zero-order valence-electron chi connectivity index (χ0n) is 16.3. The van der Waals surface area contributed by atoms with E-state index in [0.717, 1.165) is 18.4 Å². The molecule has 5 rings (SSSR count). The van der Waals surface area contributed by atoms with E-state index in [1.165, 1.54) is 6.33 Å². The Morgan fingerprint density at radius 2 is 1.84 bits per heavy atom. The molecule has 2 aromatic heterocycles. The molecule has 31 heavy (non-hydrogen) atoms. The Labute approximate surface area is 183 Å². The Bertz CT molecular complexity index is 1220. The second-order valence-corrected chi connectivity index (χ2v) is 10.7. The number of alkyl halides is 3. The number of halogens is 3. The summed E-state index contributed by atoms with van der Waals surface area (Å²) in [5.41, 5.74) is 2.31. The van der Waals surface area contributed by atoms with E-state index in [2.05, 4.69) is 15.0 Å². The third-order valence-electron chi connectivity index (χ3n) is 4.91. The van der Waals surface area contributed by atoms with Crippen LogP contribution < -0.4 is 9.22 Å². The summed E-state index contributed by atoms with van der Waals surface area (Å²) in [6, 6.07) is 16.9. The maximum atomic E-state index is 13.5. The fourth-order valence-corrected chi connectivity index (χ4v) is 5.98. The summed E-state index contributed by atoms with van der Waals surface area (Å²) in [6.45, 7) is 0.395. The fraction of sp³-hybridized carbons (Fsp3) is 0.227. The van der Waals surface area contributed by atoms with Crippen LogP contribution in [0.25, 0.3) is 16.9 Å². The van der Waals surface area contributed by atoms with E-state index in [1.54, 1.807) is 22.8 Å². The molecule has 4 aromatic rings. The van der Waals surface area contributed by atoms with Gasteiger partial charge in [-0.05, 0) is 0 Å². The van der Waals surface area contributed by atoms with E-state index in [9.17, 15) is 13.2 Å². The van der Waals surface area contributed by atoms with E-state index >= 15 is 0 Å². The predicted octanol–water partition coefficient (Wildman–Crippen LogP) is 4.06. The van der Waals surface area contributed by atoms with Crippen LogP contribution in [0.15, 0.2) is 60.9 Å². The molecule has 0 spiro atoms. The Balaban J connectivity index is 1.51. The molecular formula is C22H18AsF3N4O. The molecule has 0 aliphatic heterocycles. The Morgan fingerprint density at radius 3 is 2.58 bits per heavy atom. The molecule has 0 N–H and O–H groups in total. The van der Waals surface area contributed by atoms with E-state index in [1.807, 2.05) is 36.4 Å². The van der Waals surface area contributed by atoms with Crippen LogP contribution >= 0.6 is 0 Å². The van der Waals surface area contributed by atoms with Gasteiger partial charge in [-0.25, -0.2) is 0 Å². The van der Waals surface area contributed by atoms with Gasteiger partial charge in [-0.1, -0.05) is 6.07 Å².